The van der Waals surface area contributed by atoms with Gasteiger partial charge in [-0.25, -0.2) is 0 Å². The molecular weight excluding hydrogens is 262 g/mol. The van der Waals surface area contributed by atoms with E-state index in [4.69, 9.17) is 0 Å². The minimum Gasteiger partial charge on any atom is -0.307 e. The lowest BCUT2D eigenvalue weighted by molar-refractivity contribution is 0.388. The number of nitrogens with one attached hydrogen (secondary N) is 1. The lowest BCUT2D eigenvalue weighted by atomic mass is 10.0. The van der Waals surface area contributed by atoms with Gasteiger partial charge in [-0.15, -0.1) is 0 Å². The number of hydrogen-bond donors (Lipinski definition) is 1. The first-order valence-corrected chi connectivity index (χ1v) is 6.97. The molecule has 1 saturated carbocycles. The highest BCUT2D eigenvalue weighted by atomic mass is 79.9. The van der Waals surface area contributed by atoms with E-state index in [-0.39, 0.29) is 0 Å². The Morgan fingerprint density at radius 2 is 2.19 bits per heavy atom. The molecule has 16 heavy (non-hydrogen) atoms. The molecule has 1 aliphatic carbocycles. The van der Waals surface area contributed by atoms with Gasteiger partial charge >= 0.3 is 0 Å². The van der Waals surface area contributed by atoms with E-state index in [1.165, 1.54) is 24.8 Å². The van der Waals surface area contributed by atoms with Crippen molar-refractivity contribution in [1.82, 2.24) is 5.32 Å². The van der Waals surface area contributed by atoms with Crippen molar-refractivity contribution in [3.8, 4) is 0 Å². The van der Waals surface area contributed by atoms with Gasteiger partial charge in [0, 0.05) is 16.6 Å². The van der Waals surface area contributed by atoms with Crippen LogP contribution >= 0.6 is 15.9 Å². The topological polar surface area (TPSA) is 12.0 Å². The minimum absolute atomic E-state index is 0.447. The Bertz CT molecular complexity index is 350. The lowest BCUT2D eigenvalue weighted by Crippen LogP contribution is -2.33. The summed E-state index contributed by atoms with van der Waals surface area (Å²) in [6.45, 7) is 4.62. The first kappa shape index (κ1) is 12.1. The molecule has 1 nitrogen and oxygen atoms in total. The standard InChI is InChI=1S/C14H20BrN/c1-10-5-3-8-14(10)16-11(2)12-6-4-7-13(15)9-12/h4,6-7,9-11,14,16H,3,5,8H2,1-2H3/t10?,11-,14?/m1/s1. The van der Waals surface area contributed by atoms with Crippen LogP contribution in [0.5, 0.6) is 0 Å². The van der Waals surface area contributed by atoms with Gasteiger partial charge in [-0.3, -0.25) is 0 Å². The number of halogens is 1. The maximum Gasteiger partial charge on any atom is 0.0294 e. The molecule has 0 heterocycles. The third-order valence-corrected chi connectivity index (χ3v) is 4.17. The Morgan fingerprint density at radius 1 is 1.38 bits per heavy atom. The summed E-state index contributed by atoms with van der Waals surface area (Å²) in [7, 11) is 0. The second kappa shape index (κ2) is 5.33. The molecule has 3 atom stereocenters. The van der Waals surface area contributed by atoms with Crippen LogP contribution in [0.2, 0.25) is 0 Å². The Morgan fingerprint density at radius 3 is 2.81 bits per heavy atom. The van der Waals surface area contributed by atoms with E-state index in [2.05, 4.69) is 59.4 Å². The molecule has 1 aromatic carbocycles. The van der Waals surface area contributed by atoms with Gasteiger partial charge in [-0.1, -0.05) is 41.4 Å². The minimum atomic E-state index is 0.447. The van der Waals surface area contributed by atoms with Gasteiger partial charge < -0.3 is 5.32 Å². The van der Waals surface area contributed by atoms with Crippen LogP contribution in [0.3, 0.4) is 0 Å². The molecule has 88 valence electrons. The molecule has 2 heteroatoms. The lowest BCUT2D eigenvalue weighted by Gasteiger charge is -2.23. The summed E-state index contributed by atoms with van der Waals surface area (Å²) in [6, 6.07) is 9.74. The van der Waals surface area contributed by atoms with Crippen LogP contribution in [-0.2, 0) is 0 Å². The maximum atomic E-state index is 3.75. The second-order valence-electron chi connectivity index (χ2n) is 4.96. The molecule has 1 N–H and O–H groups in total. The Hall–Kier alpha value is -0.340. The summed E-state index contributed by atoms with van der Waals surface area (Å²) < 4.78 is 1.16. The van der Waals surface area contributed by atoms with E-state index in [1.807, 2.05) is 0 Å². The van der Waals surface area contributed by atoms with E-state index in [0.29, 0.717) is 12.1 Å². The summed E-state index contributed by atoms with van der Waals surface area (Å²) in [5.74, 6) is 0.828. The third kappa shape index (κ3) is 2.86. The van der Waals surface area contributed by atoms with Crippen LogP contribution in [-0.4, -0.2) is 6.04 Å². The zero-order chi connectivity index (χ0) is 11.5. The normalized spacial score (nSPS) is 26.9. The van der Waals surface area contributed by atoms with Crippen molar-refractivity contribution in [2.24, 2.45) is 5.92 Å². The maximum absolute atomic E-state index is 3.75. The van der Waals surface area contributed by atoms with E-state index < -0.39 is 0 Å². The third-order valence-electron chi connectivity index (χ3n) is 3.67. The number of hydrogen-bond acceptors (Lipinski definition) is 1. The number of rotatable bonds is 3. The van der Waals surface area contributed by atoms with Crippen LogP contribution in [0.4, 0.5) is 0 Å². The van der Waals surface area contributed by atoms with Crippen LogP contribution in [0.15, 0.2) is 28.7 Å². The molecule has 0 bridgehead atoms. The molecule has 0 radical (unpaired) electrons. The van der Waals surface area contributed by atoms with Crippen molar-refractivity contribution in [2.75, 3.05) is 0 Å². The highest BCUT2D eigenvalue weighted by Gasteiger charge is 2.24. The number of benzene rings is 1. The van der Waals surface area contributed by atoms with E-state index in [9.17, 15) is 0 Å². The van der Waals surface area contributed by atoms with Crippen LogP contribution in [0, 0.1) is 5.92 Å². The van der Waals surface area contributed by atoms with Gasteiger partial charge in [0.15, 0.2) is 0 Å². The van der Waals surface area contributed by atoms with Gasteiger partial charge in [-0.05, 0) is 43.4 Å². The van der Waals surface area contributed by atoms with Crippen molar-refractivity contribution < 1.29 is 0 Å². The Labute approximate surface area is 107 Å². The summed E-state index contributed by atoms with van der Waals surface area (Å²) >= 11 is 3.53. The monoisotopic (exact) mass is 281 g/mol. The van der Waals surface area contributed by atoms with Crippen molar-refractivity contribution in [1.29, 1.82) is 0 Å². The Balaban J connectivity index is 1.99. The van der Waals surface area contributed by atoms with E-state index >= 15 is 0 Å². The molecule has 0 aliphatic heterocycles. The van der Waals surface area contributed by atoms with Gasteiger partial charge in [0.2, 0.25) is 0 Å². The molecule has 0 saturated heterocycles. The molecule has 1 aliphatic rings. The molecule has 2 unspecified atom stereocenters. The summed E-state index contributed by atoms with van der Waals surface area (Å²) in [5.41, 5.74) is 1.37. The molecule has 1 aromatic rings. The van der Waals surface area contributed by atoms with Crippen molar-refractivity contribution in [2.45, 2.75) is 45.2 Å². The smallest absolute Gasteiger partial charge is 0.0294 e. The summed E-state index contributed by atoms with van der Waals surface area (Å²) in [4.78, 5) is 0. The zero-order valence-corrected chi connectivity index (χ0v) is 11.6. The van der Waals surface area contributed by atoms with Crippen molar-refractivity contribution in [3.05, 3.63) is 34.3 Å². The molecule has 0 spiro atoms. The summed E-state index contributed by atoms with van der Waals surface area (Å²) in [5, 5.41) is 3.75. The highest BCUT2D eigenvalue weighted by Crippen LogP contribution is 2.27. The van der Waals surface area contributed by atoms with Gasteiger partial charge in [0.05, 0.1) is 0 Å². The molecule has 2 rings (SSSR count). The van der Waals surface area contributed by atoms with Crippen LogP contribution < -0.4 is 5.32 Å². The largest absolute Gasteiger partial charge is 0.307 e. The fourth-order valence-electron chi connectivity index (χ4n) is 2.59. The average molecular weight is 282 g/mol. The molecule has 0 amide bonds. The average Bonchev–Trinajstić information content (AvgIpc) is 2.64. The molecule has 0 aromatic heterocycles. The predicted molar refractivity (Wildman–Crippen MR) is 72.5 cm³/mol. The molecule has 1 fully saturated rings. The van der Waals surface area contributed by atoms with Crippen molar-refractivity contribution in [3.63, 3.8) is 0 Å². The quantitative estimate of drug-likeness (QED) is 0.872. The first-order valence-electron chi connectivity index (χ1n) is 6.18. The predicted octanol–water partition coefficient (Wildman–Crippen LogP) is 4.29. The van der Waals surface area contributed by atoms with Gasteiger partial charge in [0.25, 0.3) is 0 Å². The Kier molecular flexibility index (Phi) is 4.04. The zero-order valence-electron chi connectivity index (χ0n) is 10.0. The second-order valence-corrected chi connectivity index (χ2v) is 5.87. The van der Waals surface area contributed by atoms with Crippen LogP contribution in [0.1, 0.15) is 44.7 Å². The van der Waals surface area contributed by atoms with Gasteiger partial charge in [-0.2, -0.15) is 0 Å². The highest BCUT2D eigenvalue weighted by molar-refractivity contribution is 9.10. The fourth-order valence-corrected chi connectivity index (χ4v) is 3.00. The van der Waals surface area contributed by atoms with E-state index in [1.54, 1.807) is 0 Å². The molecular formula is C14H20BrN. The van der Waals surface area contributed by atoms with Crippen LogP contribution in [0.25, 0.3) is 0 Å². The SMILES string of the molecule is CC1CCCC1N[C@H](C)c1cccc(Br)c1. The first-order chi connectivity index (χ1) is 7.66. The van der Waals surface area contributed by atoms with Crippen molar-refractivity contribution >= 4 is 15.9 Å². The fraction of sp³-hybridized carbons (Fsp3) is 0.571. The van der Waals surface area contributed by atoms with Gasteiger partial charge in [0.1, 0.15) is 0 Å². The van der Waals surface area contributed by atoms with E-state index in [0.717, 1.165) is 10.4 Å². The summed E-state index contributed by atoms with van der Waals surface area (Å²) in [6.07, 6.45) is 4.09.